The van der Waals surface area contributed by atoms with Gasteiger partial charge in [-0.2, -0.15) is 0 Å². The third-order valence-electron chi connectivity index (χ3n) is 2.94. The van der Waals surface area contributed by atoms with Crippen molar-refractivity contribution in [1.29, 1.82) is 0 Å². The number of nitrogens with one attached hydrogen (secondary N) is 1. The van der Waals surface area contributed by atoms with Crippen LogP contribution in [-0.4, -0.2) is 41.1 Å². The molecule has 1 aromatic carbocycles. The Morgan fingerprint density at radius 1 is 1.29 bits per heavy atom. The van der Waals surface area contributed by atoms with Gasteiger partial charge in [0.15, 0.2) is 0 Å². The van der Waals surface area contributed by atoms with Gasteiger partial charge >= 0.3 is 12.1 Å². The molecule has 1 aromatic rings. The number of aliphatic hydroxyl groups is 2. The summed E-state index contributed by atoms with van der Waals surface area (Å²) in [5, 5.41) is 21.9. The molecule has 0 radical (unpaired) electrons. The second-order valence-electron chi connectivity index (χ2n) is 6.16. The molecule has 1 amide bonds. The lowest BCUT2D eigenvalue weighted by molar-refractivity contribution is -0.144. The standard InChI is InChI=1S/C16H22FNO6/c1-16(2,3)24-15(22)18-11-6-5-9(7-10(11)17)14(21)12(19)8-13(20)23-4/h5-7,12,14,19,21H,8H2,1-4H3,(H,18,22). The van der Waals surface area contributed by atoms with Gasteiger partial charge in [-0.05, 0) is 38.5 Å². The van der Waals surface area contributed by atoms with Crippen LogP contribution in [0, 0.1) is 5.82 Å². The fourth-order valence-electron chi connectivity index (χ4n) is 1.82. The van der Waals surface area contributed by atoms with Crippen LogP contribution in [0.15, 0.2) is 18.2 Å². The largest absolute Gasteiger partial charge is 0.469 e. The van der Waals surface area contributed by atoms with Gasteiger partial charge in [-0.1, -0.05) is 6.07 Å². The molecule has 0 spiro atoms. The van der Waals surface area contributed by atoms with Gasteiger partial charge in [-0.25, -0.2) is 9.18 Å². The number of benzene rings is 1. The minimum absolute atomic E-state index is 0.0543. The minimum atomic E-state index is -1.48. The highest BCUT2D eigenvalue weighted by Crippen LogP contribution is 2.24. The maximum Gasteiger partial charge on any atom is 0.412 e. The Hall–Kier alpha value is -2.19. The number of ether oxygens (including phenoxy) is 2. The first-order chi connectivity index (χ1) is 11.0. The Morgan fingerprint density at radius 3 is 2.42 bits per heavy atom. The van der Waals surface area contributed by atoms with E-state index in [0.717, 1.165) is 13.2 Å². The smallest absolute Gasteiger partial charge is 0.412 e. The molecule has 3 N–H and O–H groups in total. The number of hydrogen-bond donors (Lipinski definition) is 3. The second kappa shape index (κ2) is 8.07. The number of anilines is 1. The van der Waals surface area contributed by atoms with Crippen molar-refractivity contribution in [2.45, 2.75) is 45.0 Å². The Labute approximate surface area is 139 Å². The Balaban J connectivity index is 2.80. The topological polar surface area (TPSA) is 105 Å². The summed E-state index contributed by atoms with van der Waals surface area (Å²) in [6, 6.07) is 3.50. The van der Waals surface area contributed by atoms with Crippen LogP contribution < -0.4 is 5.32 Å². The van der Waals surface area contributed by atoms with E-state index in [-0.39, 0.29) is 11.3 Å². The first-order valence-electron chi connectivity index (χ1n) is 7.26. The van der Waals surface area contributed by atoms with Crippen LogP contribution in [0.5, 0.6) is 0 Å². The number of carbonyl (C=O) groups excluding carboxylic acids is 2. The van der Waals surface area contributed by atoms with Crippen molar-refractivity contribution >= 4 is 17.7 Å². The van der Waals surface area contributed by atoms with Crippen LogP contribution in [0.25, 0.3) is 0 Å². The zero-order chi connectivity index (χ0) is 18.5. The van der Waals surface area contributed by atoms with Crippen LogP contribution in [0.1, 0.15) is 38.9 Å². The van der Waals surface area contributed by atoms with Crippen LogP contribution in [-0.2, 0) is 14.3 Å². The van der Waals surface area contributed by atoms with Crippen molar-refractivity contribution in [3.63, 3.8) is 0 Å². The summed E-state index contributed by atoms with van der Waals surface area (Å²) < 4.78 is 23.4. The number of rotatable bonds is 5. The number of hydrogen-bond acceptors (Lipinski definition) is 6. The lowest BCUT2D eigenvalue weighted by atomic mass is 10.0. The van der Waals surface area contributed by atoms with Gasteiger partial charge in [0.1, 0.15) is 17.5 Å². The van der Waals surface area contributed by atoms with Gasteiger partial charge < -0.3 is 19.7 Å². The Kier molecular flexibility index (Phi) is 6.68. The molecule has 1 rings (SSSR count). The molecule has 0 aromatic heterocycles. The van der Waals surface area contributed by atoms with E-state index in [9.17, 15) is 24.2 Å². The highest BCUT2D eigenvalue weighted by atomic mass is 19.1. The number of methoxy groups -OCH3 is 1. The highest BCUT2D eigenvalue weighted by molar-refractivity contribution is 5.85. The zero-order valence-electron chi connectivity index (χ0n) is 14.0. The van der Waals surface area contributed by atoms with Gasteiger partial charge in [0.05, 0.1) is 25.3 Å². The summed E-state index contributed by atoms with van der Waals surface area (Å²) in [7, 11) is 1.15. The third kappa shape index (κ3) is 6.13. The van der Waals surface area contributed by atoms with E-state index in [4.69, 9.17) is 4.74 Å². The quantitative estimate of drug-likeness (QED) is 0.708. The molecule has 0 heterocycles. The van der Waals surface area contributed by atoms with Crippen molar-refractivity contribution in [3.8, 4) is 0 Å². The van der Waals surface area contributed by atoms with E-state index >= 15 is 0 Å². The maximum atomic E-state index is 14.0. The van der Waals surface area contributed by atoms with Crippen molar-refractivity contribution < 1.29 is 33.7 Å². The molecule has 7 nitrogen and oxygen atoms in total. The predicted octanol–water partition coefficient (Wildman–Crippen LogP) is 2.13. The number of carbonyl (C=O) groups is 2. The maximum absolute atomic E-state index is 14.0. The fourth-order valence-corrected chi connectivity index (χ4v) is 1.82. The molecule has 2 unspecified atom stereocenters. The van der Waals surface area contributed by atoms with Crippen molar-refractivity contribution in [3.05, 3.63) is 29.6 Å². The van der Waals surface area contributed by atoms with Gasteiger partial charge in [-0.15, -0.1) is 0 Å². The fraction of sp³-hybridized carbons (Fsp3) is 0.500. The van der Waals surface area contributed by atoms with E-state index in [1.54, 1.807) is 20.8 Å². The molecule has 134 valence electrons. The Bertz CT molecular complexity index is 599. The first-order valence-corrected chi connectivity index (χ1v) is 7.26. The van der Waals surface area contributed by atoms with E-state index in [0.29, 0.717) is 0 Å². The van der Waals surface area contributed by atoms with Gasteiger partial charge in [-0.3, -0.25) is 10.1 Å². The van der Waals surface area contributed by atoms with E-state index in [1.807, 2.05) is 0 Å². The van der Waals surface area contributed by atoms with Gasteiger partial charge in [0.2, 0.25) is 0 Å². The molecule has 8 heteroatoms. The summed E-state index contributed by atoms with van der Waals surface area (Å²) in [6.45, 7) is 5.02. The SMILES string of the molecule is COC(=O)CC(O)C(O)c1ccc(NC(=O)OC(C)(C)C)c(F)c1. The van der Waals surface area contributed by atoms with E-state index < -0.39 is 42.1 Å². The molecule has 0 aliphatic carbocycles. The number of amides is 1. The molecule has 0 saturated carbocycles. The molecular formula is C16H22FNO6. The molecule has 24 heavy (non-hydrogen) atoms. The summed E-state index contributed by atoms with van der Waals surface area (Å²) in [5.74, 6) is -1.52. The normalized spacial score (nSPS) is 13.8. The molecule has 2 atom stereocenters. The van der Waals surface area contributed by atoms with Gasteiger partial charge in [0, 0.05) is 0 Å². The lowest BCUT2D eigenvalue weighted by Crippen LogP contribution is -2.27. The van der Waals surface area contributed by atoms with Crippen molar-refractivity contribution in [1.82, 2.24) is 0 Å². The predicted molar refractivity (Wildman–Crippen MR) is 83.9 cm³/mol. The lowest BCUT2D eigenvalue weighted by Gasteiger charge is -2.20. The van der Waals surface area contributed by atoms with Crippen LogP contribution in [0.2, 0.25) is 0 Å². The number of halogens is 1. The van der Waals surface area contributed by atoms with E-state index in [2.05, 4.69) is 10.1 Å². The summed E-state index contributed by atoms with van der Waals surface area (Å²) in [6.07, 6.45) is -4.17. The zero-order valence-corrected chi connectivity index (χ0v) is 14.0. The number of aliphatic hydroxyl groups excluding tert-OH is 2. The first kappa shape index (κ1) is 19.9. The Morgan fingerprint density at radius 2 is 1.92 bits per heavy atom. The summed E-state index contributed by atoms with van der Waals surface area (Å²) in [5.41, 5.74) is -0.810. The van der Waals surface area contributed by atoms with Crippen molar-refractivity contribution in [2.75, 3.05) is 12.4 Å². The van der Waals surface area contributed by atoms with Crippen molar-refractivity contribution in [2.24, 2.45) is 0 Å². The summed E-state index contributed by atoms with van der Waals surface area (Å²) >= 11 is 0. The average Bonchev–Trinajstić information content (AvgIpc) is 2.46. The van der Waals surface area contributed by atoms with Gasteiger partial charge in [0.25, 0.3) is 0 Å². The summed E-state index contributed by atoms with van der Waals surface area (Å²) in [4.78, 5) is 22.7. The van der Waals surface area contributed by atoms with Crippen LogP contribution in [0.3, 0.4) is 0 Å². The minimum Gasteiger partial charge on any atom is -0.469 e. The monoisotopic (exact) mass is 343 g/mol. The third-order valence-corrected chi connectivity index (χ3v) is 2.94. The van der Waals surface area contributed by atoms with Crippen LogP contribution >= 0.6 is 0 Å². The molecule has 0 fully saturated rings. The number of esters is 1. The molecule has 0 saturated heterocycles. The van der Waals surface area contributed by atoms with Crippen LogP contribution in [0.4, 0.5) is 14.9 Å². The van der Waals surface area contributed by atoms with E-state index in [1.165, 1.54) is 12.1 Å². The average molecular weight is 343 g/mol. The molecule has 0 bridgehead atoms. The molecule has 0 aliphatic rings. The molecule has 0 aliphatic heterocycles. The highest BCUT2D eigenvalue weighted by Gasteiger charge is 2.23. The molecular weight excluding hydrogens is 321 g/mol. The second-order valence-corrected chi connectivity index (χ2v) is 6.16.